The number of hydrogen-bond acceptors (Lipinski definition) is 4. The zero-order valence-corrected chi connectivity index (χ0v) is 20.0. The molecule has 0 aliphatic heterocycles. The summed E-state index contributed by atoms with van der Waals surface area (Å²) in [6.45, 7) is 0. The van der Waals surface area contributed by atoms with Gasteiger partial charge in [-0.15, -0.1) is 0 Å². The highest BCUT2D eigenvalue weighted by Crippen LogP contribution is 2.21. The van der Waals surface area contributed by atoms with E-state index in [0.29, 0.717) is 27.5 Å². The predicted molar refractivity (Wildman–Crippen MR) is 146 cm³/mol. The number of nitrogens with one attached hydrogen (secondary N) is 4. The van der Waals surface area contributed by atoms with E-state index < -0.39 is 0 Å². The summed E-state index contributed by atoms with van der Waals surface area (Å²) in [5, 5.41) is 12.3. The van der Waals surface area contributed by atoms with Gasteiger partial charge in [0.1, 0.15) is 0 Å². The van der Waals surface area contributed by atoms with Crippen molar-refractivity contribution >= 4 is 63.5 Å². The molecule has 4 rings (SSSR count). The van der Waals surface area contributed by atoms with E-state index in [9.17, 15) is 9.59 Å². The van der Waals surface area contributed by atoms with Crippen molar-refractivity contribution < 1.29 is 9.59 Å². The molecular formula is C27H21ClN4O2S. The highest BCUT2D eigenvalue weighted by atomic mass is 35.5. The molecule has 6 nitrogen and oxygen atoms in total. The molecule has 35 heavy (non-hydrogen) atoms. The largest absolute Gasteiger partial charge is 0.356 e. The van der Waals surface area contributed by atoms with Gasteiger partial charge in [0, 0.05) is 27.6 Å². The fraction of sp³-hybridized carbons (Fsp3) is 0. The molecule has 174 valence electrons. The summed E-state index contributed by atoms with van der Waals surface area (Å²) >= 11 is 11.1. The van der Waals surface area contributed by atoms with Gasteiger partial charge in [-0.3, -0.25) is 14.9 Å². The second kappa shape index (κ2) is 11.3. The molecule has 0 saturated heterocycles. The van der Waals surface area contributed by atoms with Crippen LogP contribution in [0.4, 0.5) is 22.7 Å². The van der Waals surface area contributed by atoms with Crippen LogP contribution in [0.25, 0.3) is 0 Å². The van der Waals surface area contributed by atoms with Crippen LogP contribution < -0.4 is 21.3 Å². The lowest BCUT2D eigenvalue weighted by Gasteiger charge is -2.14. The number of thiocarbonyl (C=S) groups is 1. The first-order valence-corrected chi connectivity index (χ1v) is 11.5. The number of carbonyl (C=O) groups excluding carboxylic acids is 2. The molecule has 0 fully saturated rings. The van der Waals surface area contributed by atoms with Crippen molar-refractivity contribution in [2.24, 2.45) is 0 Å². The maximum absolute atomic E-state index is 13.0. The van der Waals surface area contributed by atoms with E-state index in [-0.39, 0.29) is 16.9 Å². The molecule has 0 atom stereocenters. The lowest BCUT2D eigenvalue weighted by atomic mass is 10.1. The molecule has 2 amide bonds. The average molecular weight is 501 g/mol. The Bertz CT molecular complexity index is 1340. The summed E-state index contributed by atoms with van der Waals surface area (Å²) in [6.07, 6.45) is 0. The van der Waals surface area contributed by atoms with Gasteiger partial charge in [-0.25, -0.2) is 0 Å². The summed E-state index contributed by atoms with van der Waals surface area (Å²) in [4.78, 5) is 25.4. The van der Waals surface area contributed by atoms with Gasteiger partial charge < -0.3 is 16.0 Å². The monoisotopic (exact) mass is 500 g/mol. The van der Waals surface area contributed by atoms with Gasteiger partial charge in [0.15, 0.2) is 5.11 Å². The first-order valence-electron chi connectivity index (χ1n) is 10.7. The Labute approximate surface area is 213 Å². The molecule has 0 spiro atoms. The summed E-state index contributed by atoms with van der Waals surface area (Å²) < 4.78 is 0. The van der Waals surface area contributed by atoms with Gasteiger partial charge in [-0.05, 0) is 85.0 Å². The zero-order chi connectivity index (χ0) is 24.6. The Morgan fingerprint density at radius 3 is 1.94 bits per heavy atom. The molecule has 0 saturated carbocycles. The van der Waals surface area contributed by atoms with Gasteiger partial charge >= 0.3 is 0 Å². The molecule has 0 aromatic heterocycles. The molecule has 4 aromatic carbocycles. The molecule has 8 heteroatoms. The minimum absolute atomic E-state index is 0.0709. The van der Waals surface area contributed by atoms with Gasteiger partial charge in [-0.1, -0.05) is 41.9 Å². The Kier molecular flexibility index (Phi) is 7.72. The zero-order valence-electron chi connectivity index (χ0n) is 18.4. The summed E-state index contributed by atoms with van der Waals surface area (Å²) in [6, 6.07) is 30.6. The molecule has 4 aromatic rings. The van der Waals surface area contributed by atoms with Crippen LogP contribution >= 0.6 is 23.8 Å². The second-order valence-electron chi connectivity index (χ2n) is 7.48. The van der Waals surface area contributed by atoms with Crippen molar-refractivity contribution in [2.75, 3.05) is 16.0 Å². The summed E-state index contributed by atoms with van der Waals surface area (Å²) in [5.74, 6) is -0.700. The van der Waals surface area contributed by atoms with E-state index in [1.54, 1.807) is 48.5 Å². The number of amides is 2. The summed E-state index contributed by atoms with van der Waals surface area (Å²) in [5.41, 5.74) is 3.77. The van der Waals surface area contributed by atoms with Crippen molar-refractivity contribution in [3.63, 3.8) is 0 Å². The van der Waals surface area contributed by atoms with Crippen molar-refractivity contribution in [3.8, 4) is 0 Å². The fourth-order valence-electron chi connectivity index (χ4n) is 3.24. The lowest BCUT2D eigenvalue weighted by Crippen LogP contribution is -2.34. The van der Waals surface area contributed by atoms with Gasteiger partial charge in [0.05, 0.1) is 11.3 Å². The van der Waals surface area contributed by atoms with Crippen LogP contribution in [0.1, 0.15) is 20.7 Å². The van der Waals surface area contributed by atoms with Crippen LogP contribution in [-0.2, 0) is 0 Å². The first kappa shape index (κ1) is 23.9. The standard InChI is InChI=1S/C27H21ClN4O2S/c28-19-12-10-18(11-13-19)25(33)32-27(35)31-24-9-5-4-8-23(24)26(34)30-22-16-14-21(15-17-22)29-20-6-2-1-3-7-20/h1-17,29H,(H,30,34)(H2,31,32,33,35). The van der Waals surface area contributed by atoms with Crippen LogP contribution in [0, 0.1) is 0 Å². The molecule has 0 aliphatic carbocycles. The number of benzene rings is 4. The van der Waals surface area contributed by atoms with Gasteiger partial charge in [0.2, 0.25) is 0 Å². The Morgan fingerprint density at radius 1 is 0.629 bits per heavy atom. The van der Waals surface area contributed by atoms with E-state index in [0.717, 1.165) is 11.4 Å². The number of halogens is 1. The minimum Gasteiger partial charge on any atom is -0.356 e. The van der Waals surface area contributed by atoms with Crippen LogP contribution in [0.3, 0.4) is 0 Å². The Balaban J connectivity index is 1.39. The fourth-order valence-corrected chi connectivity index (χ4v) is 3.57. The van der Waals surface area contributed by atoms with Gasteiger partial charge in [-0.2, -0.15) is 0 Å². The number of hydrogen-bond donors (Lipinski definition) is 4. The van der Waals surface area contributed by atoms with Crippen LogP contribution in [0.5, 0.6) is 0 Å². The van der Waals surface area contributed by atoms with Crippen molar-refractivity contribution in [2.45, 2.75) is 0 Å². The smallest absolute Gasteiger partial charge is 0.257 e. The number of para-hydroxylation sites is 2. The Hall–Kier alpha value is -4.20. The third-order valence-electron chi connectivity index (χ3n) is 4.96. The average Bonchev–Trinajstić information content (AvgIpc) is 2.86. The van der Waals surface area contributed by atoms with Crippen molar-refractivity contribution in [3.05, 3.63) is 119 Å². The van der Waals surface area contributed by atoms with Crippen LogP contribution in [-0.4, -0.2) is 16.9 Å². The predicted octanol–water partition coefficient (Wildman–Crippen LogP) is 6.46. The molecule has 0 unspecified atom stereocenters. The van der Waals surface area contributed by atoms with Crippen LogP contribution in [0.15, 0.2) is 103 Å². The molecule has 4 N–H and O–H groups in total. The normalized spacial score (nSPS) is 10.2. The number of carbonyl (C=O) groups is 2. The highest BCUT2D eigenvalue weighted by molar-refractivity contribution is 7.80. The highest BCUT2D eigenvalue weighted by Gasteiger charge is 2.14. The Morgan fingerprint density at radius 2 is 1.23 bits per heavy atom. The molecule has 0 heterocycles. The lowest BCUT2D eigenvalue weighted by molar-refractivity contribution is 0.0976. The second-order valence-corrected chi connectivity index (χ2v) is 8.33. The molecule has 0 aliphatic rings. The van der Waals surface area contributed by atoms with E-state index >= 15 is 0 Å². The SMILES string of the molecule is O=C(NC(=S)Nc1ccccc1C(=O)Nc1ccc(Nc2ccccc2)cc1)c1ccc(Cl)cc1. The van der Waals surface area contributed by atoms with Gasteiger partial charge in [0.25, 0.3) is 11.8 Å². The maximum atomic E-state index is 13.0. The van der Waals surface area contributed by atoms with Crippen molar-refractivity contribution in [1.82, 2.24) is 5.32 Å². The minimum atomic E-state index is -0.384. The van der Waals surface area contributed by atoms with E-state index in [1.165, 1.54) is 0 Å². The number of anilines is 4. The molecule has 0 bridgehead atoms. The topological polar surface area (TPSA) is 82.3 Å². The number of rotatable bonds is 6. The van der Waals surface area contributed by atoms with E-state index in [4.69, 9.17) is 23.8 Å². The van der Waals surface area contributed by atoms with Crippen LogP contribution in [0.2, 0.25) is 5.02 Å². The quantitative estimate of drug-likeness (QED) is 0.228. The molecular weight excluding hydrogens is 480 g/mol. The van der Waals surface area contributed by atoms with E-state index in [2.05, 4.69) is 21.3 Å². The first-order chi connectivity index (χ1) is 17.0. The molecule has 0 radical (unpaired) electrons. The maximum Gasteiger partial charge on any atom is 0.257 e. The third-order valence-corrected chi connectivity index (χ3v) is 5.41. The third kappa shape index (κ3) is 6.66. The van der Waals surface area contributed by atoms with Crippen molar-refractivity contribution in [1.29, 1.82) is 0 Å². The van der Waals surface area contributed by atoms with E-state index in [1.807, 2.05) is 54.6 Å². The summed E-state index contributed by atoms with van der Waals surface area (Å²) in [7, 11) is 0.